The lowest BCUT2D eigenvalue weighted by Gasteiger charge is -2.39. The highest BCUT2D eigenvalue weighted by atomic mass is 35.5. The van der Waals surface area contributed by atoms with Crippen molar-refractivity contribution in [3.05, 3.63) is 22.7 Å². The molecule has 1 saturated carbocycles. The molecule has 18 heavy (non-hydrogen) atoms. The number of nitrogens with one attached hydrogen (secondary N) is 1. The standard InChI is InChI=1S/C14H17ClN2S/c1-8(2)9-5-10(6-9)17-13-11(15)3-4-12-14(13)16-7-18-12/h3-4,7-10,17H,5-6H2,1-2H3. The van der Waals surface area contributed by atoms with Gasteiger partial charge in [0.25, 0.3) is 0 Å². The van der Waals surface area contributed by atoms with E-state index in [1.807, 2.05) is 17.6 Å². The van der Waals surface area contributed by atoms with Gasteiger partial charge >= 0.3 is 0 Å². The molecule has 0 atom stereocenters. The Labute approximate surface area is 116 Å². The Morgan fingerprint density at radius 1 is 1.39 bits per heavy atom. The number of fused-ring (bicyclic) bond motifs is 1. The number of hydrogen-bond acceptors (Lipinski definition) is 3. The number of thiazole rings is 1. The summed E-state index contributed by atoms with van der Waals surface area (Å²) >= 11 is 7.94. The lowest BCUT2D eigenvalue weighted by atomic mass is 9.73. The molecule has 0 spiro atoms. The van der Waals surface area contributed by atoms with Crippen LogP contribution in [0.15, 0.2) is 17.6 Å². The number of aromatic nitrogens is 1. The van der Waals surface area contributed by atoms with E-state index in [0.717, 1.165) is 28.1 Å². The van der Waals surface area contributed by atoms with Crippen molar-refractivity contribution >= 4 is 38.8 Å². The van der Waals surface area contributed by atoms with Gasteiger partial charge in [-0.2, -0.15) is 0 Å². The van der Waals surface area contributed by atoms with Crippen molar-refractivity contribution in [2.45, 2.75) is 32.7 Å². The Bertz CT molecular complexity index is 558. The summed E-state index contributed by atoms with van der Waals surface area (Å²) < 4.78 is 1.20. The van der Waals surface area contributed by atoms with Crippen molar-refractivity contribution < 1.29 is 0 Å². The average Bonchev–Trinajstić information content (AvgIpc) is 2.72. The number of hydrogen-bond donors (Lipinski definition) is 1. The molecule has 0 bridgehead atoms. The molecule has 0 amide bonds. The summed E-state index contributed by atoms with van der Waals surface area (Å²) in [7, 11) is 0. The van der Waals surface area contributed by atoms with E-state index < -0.39 is 0 Å². The van der Waals surface area contributed by atoms with E-state index in [2.05, 4.69) is 24.1 Å². The Balaban J connectivity index is 1.79. The fourth-order valence-corrected chi connectivity index (χ4v) is 3.46. The van der Waals surface area contributed by atoms with Crippen LogP contribution in [0, 0.1) is 11.8 Å². The minimum atomic E-state index is 0.558. The van der Waals surface area contributed by atoms with Gasteiger partial charge in [-0.25, -0.2) is 4.98 Å². The van der Waals surface area contributed by atoms with Crippen LogP contribution in [0.2, 0.25) is 5.02 Å². The molecule has 1 aromatic carbocycles. The normalized spacial score (nSPS) is 23.3. The SMILES string of the molecule is CC(C)C1CC(Nc2c(Cl)ccc3scnc23)C1. The Morgan fingerprint density at radius 3 is 2.89 bits per heavy atom. The minimum Gasteiger partial charge on any atom is -0.379 e. The summed E-state index contributed by atoms with van der Waals surface area (Å²) in [5.41, 5.74) is 3.91. The van der Waals surface area contributed by atoms with Crippen LogP contribution in [0.1, 0.15) is 26.7 Å². The fraction of sp³-hybridized carbons (Fsp3) is 0.500. The largest absolute Gasteiger partial charge is 0.379 e. The number of benzene rings is 1. The van der Waals surface area contributed by atoms with Gasteiger partial charge in [0, 0.05) is 6.04 Å². The van der Waals surface area contributed by atoms with Crippen LogP contribution < -0.4 is 5.32 Å². The zero-order chi connectivity index (χ0) is 12.7. The van der Waals surface area contributed by atoms with Crippen molar-refractivity contribution in [3.8, 4) is 0 Å². The highest BCUT2D eigenvalue weighted by Crippen LogP contribution is 2.39. The second-order valence-electron chi connectivity index (χ2n) is 5.44. The summed E-state index contributed by atoms with van der Waals surface area (Å²) in [6, 6.07) is 4.56. The van der Waals surface area contributed by atoms with Crippen molar-refractivity contribution in [1.82, 2.24) is 4.98 Å². The van der Waals surface area contributed by atoms with Crippen LogP contribution in [0.4, 0.5) is 5.69 Å². The lowest BCUT2D eigenvalue weighted by Crippen LogP contribution is -2.38. The molecule has 0 radical (unpaired) electrons. The van der Waals surface area contributed by atoms with Crippen molar-refractivity contribution in [2.24, 2.45) is 11.8 Å². The smallest absolute Gasteiger partial charge is 0.106 e. The van der Waals surface area contributed by atoms with Crippen LogP contribution in [-0.2, 0) is 0 Å². The fourth-order valence-electron chi connectivity index (χ4n) is 2.57. The van der Waals surface area contributed by atoms with Crippen molar-refractivity contribution in [3.63, 3.8) is 0 Å². The van der Waals surface area contributed by atoms with Crippen LogP contribution in [0.3, 0.4) is 0 Å². The average molecular weight is 281 g/mol. The quantitative estimate of drug-likeness (QED) is 0.874. The molecule has 1 heterocycles. The molecule has 4 heteroatoms. The van der Waals surface area contributed by atoms with E-state index in [-0.39, 0.29) is 0 Å². The first kappa shape index (κ1) is 12.2. The van der Waals surface area contributed by atoms with Gasteiger partial charge in [-0.1, -0.05) is 25.4 Å². The van der Waals surface area contributed by atoms with E-state index in [1.54, 1.807) is 11.3 Å². The molecule has 2 aromatic rings. The zero-order valence-corrected chi connectivity index (χ0v) is 12.2. The molecule has 3 rings (SSSR count). The molecule has 1 aromatic heterocycles. The molecule has 0 aliphatic heterocycles. The molecule has 96 valence electrons. The molecule has 1 fully saturated rings. The third-order valence-corrected chi connectivity index (χ3v) is 5.03. The Kier molecular flexibility index (Phi) is 3.20. The zero-order valence-electron chi connectivity index (χ0n) is 10.6. The summed E-state index contributed by atoms with van der Waals surface area (Å²) in [6.07, 6.45) is 2.49. The van der Waals surface area contributed by atoms with Gasteiger partial charge in [0.15, 0.2) is 0 Å². The molecular weight excluding hydrogens is 264 g/mol. The van der Waals surface area contributed by atoms with Gasteiger partial charge in [0.05, 0.1) is 20.9 Å². The van der Waals surface area contributed by atoms with Crippen LogP contribution in [0.25, 0.3) is 10.2 Å². The summed E-state index contributed by atoms with van der Waals surface area (Å²) in [5.74, 6) is 1.64. The number of anilines is 1. The van der Waals surface area contributed by atoms with Crippen LogP contribution in [0.5, 0.6) is 0 Å². The number of rotatable bonds is 3. The first-order valence-electron chi connectivity index (χ1n) is 6.43. The van der Waals surface area contributed by atoms with Gasteiger partial charge < -0.3 is 5.32 Å². The maximum Gasteiger partial charge on any atom is 0.106 e. The third kappa shape index (κ3) is 2.10. The molecule has 0 unspecified atom stereocenters. The minimum absolute atomic E-state index is 0.558. The summed E-state index contributed by atoms with van der Waals surface area (Å²) in [6.45, 7) is 4.60. The van der Waals surface area contributed by atoms with Gasteiger partial charge in [0.2, 0.25) is 0 Å². The second kappa shape index (κ2) is 4.71. The molecule has 1 N–H and O–H groups in total. The molecule has 1 aliphatic carbocycles. The van der Waals surface area contributed by atoms with Gasteiger partial charge in [-0.05, 0) is 36.8 Å². The first-order valence-corrected chi connectivity index (χ1v) is 7.69. The second-order valence-corrected chi connectivity index (χ2v) is 6.73. The third-order valence-electron chi connectivity index (χ3n) is 3.92. The molecule has 0 saturated heterocycles. The van der Waals surface area contributed by atoms with E-state index in [1.165, 1.54) is 17.5 Å². The molecular formula is C14H17ClN2S. The summed E-state index contributed by atoms with van der Waals surface area (Å²) in [4.78, 5) is 4.42. The van der Waals surface area contributed by atoms with Gasteiger partial charge in [0.1, 0.15) is 5.52 Å². The monoisotopic (exact) mass is 280 g/mol. The Morgan fingerprint density at radius 2 is 2.17 bits per heavy atom. The predicted octanol–water partition coefficient (Wildman–Crippen LogP) is 4.80. The maximum absolute atomic E-state index is 6.29. The van der Waals surface area contributed by atoms with Gasteiger partial charge in [-0.3, -0.25) is 0 Å². The van der Waals surface area contributed by atoms with E-state index in [0.29, 0.717) is 6.04 Å². The van der Waals surface area contributed by atoms with E-state index in [4.69, 9.17) is 11.6 Å². The number of halogens is 1. The van der Waals surface area contributed by atoms with E-state index >= 15 is 0 Å². The highest BCUT2D eigenvalue weighted by Gasteiger charge is 2.31. The number of nitrogens with zero attached hydrogens (tertiary/aromatic N) is 1. The van der Waals surface area contributed by atoms with Crippen molar-refractivity contribution in [1.29, 1.82) is 0 Å². The van der Waals surface area contributed by atoms with Crippen molar-refractivity contribution in [2.75, 3.05) is 5.32 Å². The predicted molar refractivity (Wildman–Crippen MR) is 79.6 cm³/mol. The molecule has 1 aliphatic rings. The highest BCUT2D eigenvalue weighted by molar-refractivity contribution is 7.16. The first-order chi connectivity index (χ1) is 8.65. The Hall–Kier alpha value is -0.800. The molecule has 2 nitrogen and oxygen atoms in total. The van der Waals surface area contributed by atoms with Crippen LogP contribution >= 0.6 is 22.9 Å². The topological polar surface area (TPSA) is 24.9 Å². The van der Waals surface area contributed by atoms with Gasteiger partial charge in [-0.15, -0.1) is 11.3 Å². The van der Waals surface area contributed by atoms with E-state index in [9.17, 15) is 0 Å². The summed E-state index contributed by atoms with van der Waals surface area (Å²) in [5, 5.41) is 4.35. The van der Waals surface area contributed by atoms with Crippen LogP contribution in [-0.4, -0.2) is 11.0 Å². The maximum atomic E-state index is 6.29. The lowest BCUT2D eigenvalue weighted by molar-refractivity contribution is 0.212.